The van der Waals surface area contributed by atoms with Gasteiger partial charge in [0.25, 0.3) is 5.97 Å². The van der Waals surface area contributed by atoms with Crippen LogP contribution in [0.25, 0.3) is 0 Å². The summed E-state index contributed by atoms with van der Waals surface area (Å²) in [6, 6.07) is 20.9. The van der Waals surface area contributed by atoms with Gasteiger partial charge in [-0.2, -0.15) is 0 Å². The van der Waals surface area contributed by atoms with Crippen molar-refractivity contribution in [2.45, 2.75) is 119 Å². The number of hydrogen-bond donors (Lipinski definition) is 1. The minimum absolute atomic E-state index is 0. The van der Waals surface area contributed by atoms with Gasteiger partial charge in [-0.25, -0.2) is 0 Å². The lowest BCUT2D eigenvalue weighted by Crippen LogP contribution is -1.78. The molecular weight excluding hydrogens is 392 g/mol. The van der Waals surface area contributed by atoms with Gasteiger partial charge in [-0.1, -0.05) is 160 Å². The molecule has 0 saturated heterocycles. The van der Waals surface area contributed by atoms with Gasteiger partial charge in [-0.05, 0) is 24.0 Å². The van der Waals surface area contributed by atoms with E-state index in [-0.39, 0.29) is 44.6 Å². The van der Waals surface area contributed by atoms with Crippen LogP contribution in [0.3, 0.4) is 0 Å². The molecule has 0 bridgehead atoms. The third-order valence-corrected chi connectivity index (χ3v) is 2.50. The first-order valence-electron chi connectivity index (χ1n) is 9.70. The first-order chi connectivity index (χ1) is 12.4. The standard InChI is InChI=1S/2C8H10.2C3H8.C2H4O2.6CH4/c2*1-2-8-6-4-3-5-7-8;2*1-3-2;1-2(3)4;;;;;;/h2*3-7H,2H2,1H3;2*3H2,1-2H3;1H3,(H,3,4);6*1H4. The van der Waals surface area contributed by atoms with Gasteiger partial charge < -0.3 is 5.11 Å². The summed E-state index contributed by atoms with van der Waals surface area (Å²) in [5.41, 5.74) is 2.82. The summed E-state index contributed by atoms with van der Waals surface area (Å²) >= 11 is 0. The Balaban J connectivity index is -0.0000000300. The highest BCUT2D eigenvalue weighted by molar-refractivity contribution is 5.62. The Morgan fingerprint density at radius 1 is 0.562 bits per heavy atom. The van der Waals surface area contributed by atoms with E-state index in [1.54, 1.807) is 0 Å². The largest absolute Gasteiger partial charge is 0.481 e. The van der Waals surface area contributed by atoms with Gasteiger partial charge in [0, 0.05) is 6.92 Å². The average molecular weight is 457 g/mol. The molecular formula is C30H64O2. The van der Waals surface area contributed by atoms with E-state index < -0.39 is 5.97 Å². The van der Waals surface area contributed by atoms with E-state index in [0.717, 1.165) is 19.8 Å². The number of aliphatic carboxylic acids is 1. The molecule has 2 nitrogen and oxygen atoms in total. The summed E-state index contributed by atoms with van der Waals surface area (Å²) in [5.74, 6) is -0.833. The van der Waals surface area contributed by atoms with E-state index in [1.165, 1.54) is 24.0 Å². The Bertz CT molecular complexity index is 433. The normalized spacial score (nSPS) is 6.47. The smallest absolute Gasteiger partial charge is 0.300 e. The van der Waals surface area contributed by atoms with Crippen LogP contribution in [0.15, 0.2) is 60.7 Å². The van der Waals surface area contributed by atoms with Gasteiger partial charge >= 0.3 is 0 Å². The zero-order chi connectivity index (χ0) is 20.6. The Hall–Kier alpha value is -2.09. The zero-order valence-electron chi connectivity index (χ0n) is 18.0. The molecule has 0 heterocycles. The molecule has 0 aliphatic carbocycles. The number of rotatable bonds is 2. The Labute approximate surface area is 206 Å². The topological polar surface area (TPSA) is 37.3 Å². The average Bonchev–Trinajstić information content (AvgIpc) is 2.64. The van der Waals surface area contributed by atoms with Crippen LogP contribution in [-0.2, 0) is 17.6 Å². The Morgan fingerprint density at radius 2 is 0.719 bits per heavy atom. The van der Waals surface area contributed by atoms with Crippen molar-refractivity contribution in [2.24, 2.45) is 0 Å². The van der Waals surface area contributed by atoms with Crippen LogP contribution >= 0.6 is 0 Å². The number of aryl methyl sites for hydroxylation is 2. The first-order valence-corrected chi connectivity index (χ1v) is 9.70. The van der Waals surface area contributed by atoms with Crippen molar-refractivity contribution in [3.05, 3.63) is 71.8 Å². The molecule has 32 heavy (non-hydrogen) atoms. The lowest BCUT2D eigenvalue weighted by molar-refractivity contribution is -0.134. The number of carboxylic acids is 1. The van der Waals surface area contributed by atoms with Crippen LogP contribution in [0.1, 0.15) is 117 Å². The molecule has 2 aromatic rings. The van der Waals surface area contributed by atoms with E-state index >= 15 is 0 Å². The van der Waals surface area contributed by atoms with Gasteiger partial charge in [0.05, 0.1) is 0 Å². The molecule has 196 valence electrons. The zero-order valence-corrected chi connectivity index (χ0v) is 18.0. The van der Waals surface area contributed by atoms with Crippen molar-refractivity contribution in [3.8, 4) is 0 Å². The maximum absolute atomic E-state index is 9.00. The fourth-order valence-corrected chi connectivity index (χ4v) is 1.43. The lowest BCUT2D eigenvalue weighted by Gasteiger charge is -1.89. The summed E-state index contributed by atoms with van der Waals surface area (Å²) in [5, 5.41) is 7.42. The van der Waals surface area contributed by atoms with Gasteiger partial charge in [-0.15, -0.1) is 0 Å². The molecule has 0 saturated carbocycles. The second-order valence-electron chi connectivity index (χ2n) is 5.61. The quantitative estimate of drug-likeness (QED) is 0.487. The van der Waals surface area contributed by atoms with Gasteiger partial charge in [-0.3, -0.25) is 4.79 Å². The number of carboxylic acid groups (broad SMARTS) is 1. The van der Waals surface area contributed by atoms with Crippen molar-refractivity contribution in [1.82, 2.24) is 0 Å². The summed E-state index contributed by atoms with van der Waals surface area (Å²) in [6.45, 7) is 13.9. The molecule has 0 aromatic heterocycles. The molecule has 2 aromatic carbocycles. The molecule has 0 aliphatic heterocycles. The molecule has 0 radical (unpaired) electrons. The summed E-state index contributed by atoms with van der Waals surface area (Å²) in [6.07, 6.45) is 4.78. The Morgan fingerprint density at radius 3 is 0.812 bits per heavy atom. The van der Waals surface area contributed by atoms with Crippen molar-refractivity contribution in [3.63, 3.8) is 0 Å². The fourth-order valence-electron chi connectivity index (χ4n) is 1.43. The summed E-state index contributed by atoms with van der Waals surface area (Å²) < 4.78 is 0. The predicted octanol–water partition coefficient (Wildman–Crippen LogP) is 11.2. The number of benzene rings is 2. The SMILES string of the molecule is C.C.C.C.C.C.CC(=O)O.CCC.CCC.CCc1ccccc1.CCc1ccccc1. The second-order valence-corrected chi connectivity index (χ2v) is 5.61. The monoisotopic (exact) mass is 456 g/mol. The Kier molecular flexibility index (Phi) is 92.0. The maximum atomic E-state index is 9.00. The van der Waals surface area contributed by atoms with Crippen LogP contribution in [0.5, 0.6) is 0 Å². The minimum atomic E-state index is -0.833. The van der Waals surface area contributed by atoms with Crippen molar-refractivity contribution in [2.75, 3.05) is 0 Å². The molecule has 1 N–H and O–H groups in total. The van der Waals surface area contributed by atoms with Crippen LogP contribution in [-0.4, -0.2) is 11.1 Å². The van der Waals surface area contributed by atoms with Crippen LogP contribution < -0.4 is 0 Å². The van der Waals surface area contributed by atoms with E-state index in [4.69, 9.17) is 9.90 Å². The number of hydrogen-bond acceptors (Lipinski definition) is 1. The maximum Gasteiger partial charge on any atom is 0.300 e. The molecule has 0 atom stereocenters. The van der Waals surface area contributed by atoms with Crippen LogP contribution in [0, 0.1) is 0 Å². The van der Waals surface area contributed by atoms with Crippen molar-refractivity contribution in [1.29, 1.82) is 0 Å². The third-order valence-electron chi connectivity index (χ3n) is 2.50. The van der Waals surface area contributed by atoms with Gasteiger partial charge in [0.1, 0.15) is 0 Å². The molecule has 0 amide bonds. The first kappa shape index (κ1) is 57.2. The summed E-state index contributed by atoms with van der Waals surface area (Å²) in [4.78, 5) is 9.00. The number of carbonyl (C=O) groups is 1. The molecule has 2 heteroatoms. The van der Waals surface area contributed by atoms with E-state index in [0.29, 0.717) is 0 Å². The van der Waals surface area contributed by atoms with E-state index in [2.05, 4.69) is 90.1 Å². The van der Waals surface area contributed by atoms with Gasteiger partial charge in [0.2, 0.25) is 0 Å². The summed E-state index contributed by atoms with van der Waals surface area (Å²) in [7, 11) is 0. The molecule has 0 aliphatic rings. The highest BCUT2D eigenvalue weighted by atomic mass is 16.4. The van der Waals surface area contributed by atoms with Gasteiger partial charge in [0.15, 0.2) is 0 Å². The minimum Gasteiger partial charge on any atom is -0.481 e. The molecule has 0 fully saturated rings. The predicted molar refractivity (Wildman–Crippen MR) is 157 cm³/mol. The van der Waals surface area contributed by atoms with Crippen molar-refractivity contribution >= 4 is 5.97 Å². The van der Waals surface area contributed by atoms with Crippen LogP contribution in [0.2, 0.25) is 0 Å². The molecule has 0 unspecified atom stereocenters. The third kappa shape index (κ3) is 63.0. The highest BCUT2D eigenvalue weighted by Gasteiger charge is 1.80. The lowest BCUT2D eigenvalue weighted by atomic mass is 10.2. The highest BCUT2D eigenvalue weighted by Crippen LogP contribution is 1.97. The van der Waals surface area contributed by atoms with Crippen molar-refractivity contribution < 1.29 is 9.90 Å². The van der Waals surface area contributed by atoms with E-state index in [9.17, 15) is 0 Å². The van der Waals surface area contributed by atoms with E-state index in [1.807, 2.05) is 12.1 Å². The second kappa shape index (κ2) is 51.5. The molecule has 2 rings (SSSR count). The fraction of sp³-hybridized carbons (Fsp3) is 0.567. The molecule has 0 spiro atoms. The van der Waals surface area contributed by atoms with Crippen LogP contribution in [0.4, 0.5) is 0 Å².